The van der Waals surface area contributed by atoms with Crippen LogP contribution < -0.4 is 4.74 Å². The molecule has 3 nitrogen and oxygen atoms in total. The number of aromatic hydroxyl groups is 1. The minimum Gasteiger partial charge on any atom is -0.508 e. The molecular weight excluding hydrogens is 270 g/mol. The molecule has 4 heteroatoms. The molecule has 0 spiro atoms. The fourth-order valence-corrected chi connectivity index (χ4v) is 3.10. The number of benzene rings is 2. The van der Waals surface area contributed by atoms with E-state index in [0.29, 0.717) is 12.4 Å². The van der Waals surface area contributed by atoms with Crippen molar-refractivity contribution in [3.05, 3.63) is 53.0 Å². The summed E-state index contributed by atoms with van der Waals surface area (Å²) in [7, 11) is 0. The number of thiazole rings is 1. The van der Waals surface area contributed by atoms with Crippen molar-refractivity contribution in [2.24, 2.45) is 0 Å². The number of nitrogens with zero attached hydrogens (tertiary/aromatic N) is 1. The highest BCUT2D eigenvalue weighted by atomic mass is 32.1. The maximum Gasteiger partial charge on any atom is 0.120 e. The van der Waals surface area contributed by atoms with Gasteiger partial charge >= 0.3 is 0 Å². The molecular formula is C16H15NO2S. The Hall–Kier alpha value is -2.07. The van der Waals surface area contributed by atoms with Crippen LogP contribution in [0.5, 0.6) is 11.5 Å². The number of phenols is 1. The number of fused-ring (bicyclic) bond motifs is 1. The lowest BCUT2D eigenvalue weighted by atomic mass is 10.1. The van der Waals surface area contributed by atoms with Crippen molar-refractivity contribution in [3.8, 4) is 11.5 Å². The molecule has 0 atom stereocenters. The Morgan fingerprint density at radius 1 is 1.15 bits per heavy atom. The number of hydrogen-bond acceptors (Lipinski definition) is 4. The van der Waals surface area contributed by atoms with E-state index < -0.39 is 0 Å². The molecule has 0 aliphatic heterocycles. The lowest BCUT2D eigenvalue weighted by molar-refractivity contribution is 0.341. The van der Waals surface area contributed by atoms with Crippen LogP contribution in [0.4, 0.5) is 0 Å². The smallest absolute Gasteiger partial charge is 0.120 e. The number of aromatic nitrogens is 1. The molecule has 0 amide bonds. The van der Waals surface area contributed by atoms with Gasteiger partial charge < -0.3 is 9.84 Å². The maximum absolute atomic E-state index is 9.29. The summed E-state index contributed by atoms with van der Waals surface area (Å²) >= 11 is 1.68. The van der Waals surface area contributed by atoms with Crippen molar-refractivity contribution in [3.63, 3.8) is 0 Å². The summed E-state index contributed by atoms with van der Waals surface area (Å²) in [6.45, 7) is 2.65. The minimum atomic E-state index is 0.291. The first-order valence-electron chi connectivity index (χ1n) is 6.55. The van der Waals surface area contributed by atoms with Crippen LogP contribution in [-0.4, -0.2) is 16.7 Å². The normalized spacial score (nSPS) is 10.8. The highest BCUT2D eigenvalue weighted by molar-refractivity contribution is 7.18. The van der Waals surface area contributed by atoms with E-state index in [-0.39, 0.29) is 0 Å². The second kappa shape index (κ2) is 5.51. The summed E-state index contributed by atoms with van der Waals surface area (Å²) in [5.41, 5.74) is 2.15. The van der Waals surface area contributed by atoms with Crippen molar-refractivity contribution in [1.82, 2.24) is 4.98 Å². The highest BCUT2D eigenvalue weighted by Crippen LogP contribution is 2.28. The van der Waals surface area contributed by atoms with E-state index in [1.165, 1.54) is 0 Å². The predicted molar refractivity (Wildman–Crippen MR) is 81.7 cm³/mol. The average Bonchev–Trinajstić information content (AvgIpc) is 2.83. The third kappa shape index (κ3) is 2.75. The lowest BCUT2D eigenvalue weighted by Gasteiger charge is -2.00. The van der Waals surface area contributed by atoms with Crippen LogP contribution in [0.15, 0.2) is 42.5 Å². The van der Waals surface area contributed by atoms with Gasteiger partial charge in [0.1, 0.15) is 11.5 Å². The van der Waals surface area contributed by atoms with Gasteiger partial charge in [0.2, 0.25) is 0 Å². The average molecular weight is 285 g/mol. The molecule has 1 heterocycles. The quantitative estimate of drug-likeness (QED) is 0.788. The fraction of sp³-hybridized carbons (Fsp3) is 0.188. The SMILES string of the molecule is CCOc1ccc2nc(Cc3ccc(O)cc3)sc2c1. The Labute approximate surface area is 121 Å². The van der Waals surface area contributed by atoms with E-state index in [1.54, 1.807) is 23.5 Å². The number of phenolic OH excluding ortho intramolecular Hbond substituents is 1. The zero-order valence-electron chi connectivity index (χ0n) is 11.2. The molecule has 0 fully saturated rings. The monoisotopic (exact) mass is 285 g/mol. The molecule has 0 radical (unpaired) electrons. The summed E-state index contributed by atoms with van der Waals surface area (Å²) in [6, 6.07) is 13.2. The van der Waals surface area contributed by atoms with Gasteiger partial charge in [-0.1, -0.05) is 12.1 Å². The Morgan fingerprint density at radius 3 is 2.70 bits per heavy atom. The Kier molecular flexibility index (Phi) is 3.56. The van der Waals surface area contributed by atoms with E-state index in [9.17, 15) is 5.11 Å². The van der Waals surface area contributed by atoms with Gasteiger partial charge in [0.05, 0.1) is 21.8 Å². The fourth-order valence-electron chi connectivity index (χ4n) is 2.07. The maximum atomic E-state index is 9.29. The van der Waals surface area contributed by atoms with Gasteiger partial charge in [0, 0.05) is 6.42 Å². The van der Waals surface area contributed by atoms with Gasteiger partial charge in [0.25, 0.3) is 0 Å². The van der Waals surface area contributed by atoms with Crippen LogP contribution in [0.2, 0.25) is 0 Å². The molecule has 1 aromatic heterocycles. The molecule has 3 rings (SSSR count). The first kappa shape index (κ1) is 12.9. The molecule has 0 unspecified atom stereocenters. The van der Waals surface area contributed by atoms with E-state index in [0.717, 1.165) is 33.0 Å². The summed E-state index contributed by atoms with van der Waals surface area (Å²) in [5, 5.41) is 10.4. The third-order valence-corrected chi connectivity index (χ3v) is 4.03. The van der Waals surface area contributed by atoms with Gasteiger partial charge in [-0.3, -0.25) is 0 Å². The molecule has 3 aromatic rings. The van der Waals surface area contributed by atoms with Crippen LogP contribution in [0.1, 0.15) is 17.5 Å². The zero-order valence-corrected chi connectivity index (χ0v) is 12.0. The van der Waals surface area contributed by atoms with E-state index in [4.69, 9.17) is 4.74 Å². The van der Waals surface area contributed by atoms with Gasteiger partial charge in [-0.05, 0) is 42.8 Å². The summed E-state index contributed by atoms with van der Waals surface area (Å²) in [5.74, 6) is 1.18. The van der Waals surface area contributed by atoms with Crippen molar-refractivity contribution >= 4 is 21.6 Å². The van der Waals surface area contributed by atoms with E-state index in [1.807, 2.05) is 37.3 Å². The molecule has 102 valence electrons. The Balaban J connectivity index is 1.86. The standard InChI is InChI=1S/C16H15NO2S/c1-2-19-13-7-8-14-15(10-13)20-16(17-14)9-11-3-5-12(18)6-4-11/h3-8,10,18H,2,9H2,1H3. The van der Waals surface area contributed by atoms with Crippen molar-refractivity contribution in [1.29, 1.82) is 0 Å². The van der Waals surface area contributed by atoms with Crippen LogP contribution in [0.25, 0.3) is 10.2 Å². The van der Waals surface area contributed by atoms with E-state index in [2.05, 4.69) is 4.98 Å². The number of hydrogen-bond donors (Lipinski definition) is 1. The largest absolute Gasteiger partial charge is 0.508 e. The second-order valence-corrected chi connectivity index (χ2v) is 5.63. The number of rotatable bonds is 4. The van der Waals surface area contributed by atoms with Crippen LogP contribution in [-0.2, 0) is 6.42 Å². The Bertz CT molecular complexity index is 719. The van der Waals surface area contributed by atoms with Crippen molar-refractivity contribution in [2.75, 3.05) is 6.61 Å². The summed E-state index contributed by atoms with van der Waals surface area (Å²) < 4.78 is 6.65. The third-order valence-electron chi connectivity index (χ3n) is 3.01. The molecule has 0 bridgehead atoms. The topological polar surface area (TPSA) is 42.4 Å². The van der Waals surface area contributed by atoms with Crippen LogP contribution in [0, 0.1) is 0 Å². The van der Waals surface area contributed by atoms with Crippen LogP contribution in [0.3, 0.4) is 0 Å². The lowest BCUT2D eigenvalue weighted by Crippen LogP contribution is -1.90. The zero-order chi connectivity index (χ0) is 13.9. The van der Waals surface area contributed by atoms with Crippen molar-refractivity contribution < 1.29 is 9.84 Å². The molecule has 1 N–H and O–H groups in total. The van der Waals surface area contributed by atoms with Gasteiger partial charge in [-0.2, -0.15) is 0 Å². The molecule has 20 heavy (non-hydrogen) atoms. The second-order valence-electron chi connectivity index (χ2n) is 4.51. The molecule has 0 saturated heterocycles. The number of ether oxygens (including phenoxy) is 1. The van der Waals surface area contributed by atoms with Gasteiger partial charge in [0.15, 0.2) is 0 Å². The highest BCUT2D eigenvalue weighted by Gasteiger charge is 2.06. The molecule has 0 saturated carbocycles. The van der Waals surface area contributed by atoms with Gasteiger partial charge in [-0.25, -0.2) is 4.98 Å². The minimum absolute atomic E-state index is 0.291. The van der Waals surface area contributed by atoms with Crippen LogP contribution >= 0.6 is 11.3 Å². The predicted octanol–water partition coefficient (Wildman–Crippen LogP) is 3.99. The molecule has 0 aliphatic rings. The summed E-state index contributed by atoms with van der Waals surface area (Å²) in [6.07, 6.45) is 0.781. The first-order chi connectivity index (χ1) is 9.74. The van der Waals surface area contributed by atoms with Gasteiger partial charge in [-0.15, -0.1) is 11.3 Å². The molecule has 0 aliphatic carbocycles. The molecule has 2 aromatic carbocycles. The summed E-state index contributed by atoms with van der Waals surface area (Å²) in [4.78, 5) is 4.63. The van der Waals surface area contributed by atoms with E-state index >= 15 is 0 Å². The van der Waals surface area contributed by atoms with Crippen molar-refractivity contribution in [2.45, 2.75) is 13.3 Å². The Morgan fingerprint density at radius 2 is 1.95 bits per heavy atom. The first-order valence-corrected chi connectivity index (χ1v) is 7.36.